The van der Waals surface area contributed by atoms with E-state index in [0.717, 1.165) is 17.3 Å². The maximum Gasteiger partial charge on any atom is 0.397 e. The normalized spacial score (nSPS) is 19.8. The number of alkyl halides is 3. The number of amides is 1. The fraction of sp³-hybridized carbons (Fsp3) is 0.421. The van der Waals surface area contributed by atoms with E-state index >= 15 is 0 Å². The van der Waals surface area contributed by atoms with Crippen molar-refractivity contribution >= 4 is 17.7 Å². The SMILES string of the molecule is N#Cc1ccc2c(c1)C[C@@H](NC(=O)c1cc3n(n1)CC(CSCC(F)(F)F)O3)CO2. The van der Waals surface area contributed by atoms with Crippen LogP contribution < -0.4 is 14.8 Å². The van der Waals surface area contributed by atoms with Crippen molar-refractivity contribution in [1.82, 2.24) is 15.1 Å². The third-order valence-electron chi connectivity index (χ3n) is 4.64. The van der Waals surface area contributed by atoms with E-state index < -0.39 is 23.9 Å². The van der Waals surface area contributed by atoms with Gasteiger partial charge in [-0.2, -0.15) is 23.5 Å². The second kappa shape index (κ2) is 8.10. The quantitative estimate of drug-likeness (QED) is 0.772. The third-order valence-corrected chi connectivity index (χ3v) is 5.78. The predicted molar refractivity (Wildman–Crippen MR) is 102 cm³/mol. The van der Waals surface area contributed by atoms with E-state index in [1.54, 1.807) is 18.2 Å². The number of nitriles is 1. The summed E-state index contributed by atoms with van der Waals surface area (Å²) in [5.74, 6) is -0.0684. The van der Waals surface area contributed by atoms with E-state index in [-0.39, 0.29) is 17.5 Å². The summed E-state index contributed by atoms with van der Waals surface area (Å²) >= 11 is 0.758. The summed E-state index contributed by atoms with van der Waals surface area (Å²) in [6.07, 6.45) is -4.09. The fourth-order valence-corrected chi connectivity index (χ4v) is 4.13. The first-order valence-electron chi connectivity index (χ1n) is 9.16. The van der Waals surface area contributed by atoms with E-state index in [1.807, 2.05) is 0 Å². The zero-order valence-corrected chi connectivity index (χ0v) is 16.4. The number of benzene rings is 1. The summed E-state index contributed by atoms with van der Waals surface area (Å²) in [7, 11) is 0. The van der Waals surface area contributed by atoms with E-state index in [0.29, 0.717) is 36.8 Å². The van der Waals surface area contributed by atoms with Crippen LogP contribution in [0, 0.1) is 11.3 Å². The zero-order chi connectivity index (χ0) is 21.3. The summed E-state index contributed by atoms with van der Waals surface area (Å²) in [6.45, 7) is 0.595. The molecule has 3 heterocycles. The average Bonchev–Trinajstić information content (AvgIpc) is 3.25. The van der Waals surface area contributed by atoms with Gasteiger partial charge in [-0.3, -0.25) is 4.79 Å². The number of nitrogens with zero attached hydrogens (tertiary/aromatic N) is 3. The third kappa shape index (κ3) is 4.64. The summed E-state index contributed by atoms with van der Waals surface area (Å²) < 4.78 is 49.4. The molecule has 2 aliphatic rings. The molecule has 158 valence electrons. The maximum atomic E-state index is 12.5. The number of ether oxygens (including phenoxy) is 2. The molecule has 4 rings (SSSR count). The van der Waals surface area contributed by atoms with Crippen molar-refractivity contribution in [2.75, 3.05) is 18.1 Å². The Kier molecular flexibility index (Phi) is 5.51. The van der Waals surface area contributed by atoms with Crippen LogP contribution in [-0.2, 0) is 13.0 Å². The van der Waals surface area contributed by atoms with Crippen LogP contribution >= 0.6 is 11.8 Å². The van der Waals surface area contributed by atoms with Gasteiger partial charge in [-0.1, -0.05) is 0 Å². The number of halogens is 3. The van der Waals surface area contributed by atoms with Crippen molar-refractivity contribution < 1.29 is 27.4 Å². The molecule has 0 bridgehead atoms. The minimum absolute atomic E-state index is 0.169. The van der Waals surface area contributed by atoms with Crippen LogP contribution in [0.2, 0.25) is 0 Å². The van der Waals surface area contributed by atoms with Crippen molar-refractivity contribution in [3.05, 3.63) is 41.1 Å². The number of hydrogen-bond donors (Lipinski definition) is 1. The van der Waals surface area contributed by atoms with Gasteiger partial charge in [0.05, 0.1) is 30.0 Å². The van der Waals surface area contributed by atoms with Gasteiger partial charge in [0.25, 0.3) is 5.91 Å². The van der Waals surface area contributed by atoms with Crippen molar-refractivity contribution in [3.63, 3.8) is 0 Å². The van der Waals surface area contributed by atoms with Gasteiger partial charge in [-0.15, -0.1) is 11.8 Å². The molecule has 0 saturated heterocycles. The Labute approximate surface area is 174 Å². The second-order valence-electron chi connectivity index (χ2n) is 7.04. The van der Waals surface area contributed by atoms with Crippen LogP contribution in [0.15, 0.2) is 24.3 Å². The first-order chi connectivity index (χ1) is 14.3. The Balaban J connectivity index is 1.31. The van der Waals surface area contributed by atoms with Gasteiger partial charge in [0.2, 0.25) is 5.88 Å². The second-order valence-corrected chi connectivity index (χ2v) is 8.07. The molecule has 1 aromatic carbocycles. The number of hydrogen-bond acceptors (Lipinski definition) is 6. The molecule has 30 heavy (non-hydrogen) atoms. The number of carbonyl (C=O) groups excluding carboxylic acids is 1. The molecule has 0 fully saturated rings. The highest BCUT2D eigenvalue weighted by Gasteiger charge is 2.31. The molecule has 2 aliphatic heterocycles. The largest absolute Gasteiger partial charge is 0.491 e. The first kappa shape index (κ1) is 20.4. The number of carbonyl (C=O) groups is 1. The molecule has 1 N–H and O–H groups in total. The van der Waals surface area contributed by atoms with Gasteiger partial charge in [0.15, 0.2) is 5.69 Å². The van der Waals surface area contributed by atoms with Gasteiger partial charge in [0, 0.05) is 11.8 Å². The lowest BCUT2D eigenvalue weighted by Crippen LogP contribution is -2.43. The smallest absolute Gasteiger partial charge is 0.397 e. The van der Waals surface area contributed by atoms with Crippen LogP contribution in [0.4, 0.5) is 13.2 Å². The summed E-state index contributed by atoms with van der Waals surface area (Å²) in [4.78, 5) is 12.5. The molecular formula is C19H17F3N4O3S. The van der Waals surface area contributed by atoms with Crippen LogP contribution in [0.25, 0.3) is 0 Å². The Morgan fingerprint density at radius 2 is 2.23 bits per heavy atom. The minimum Gasteiger partial charge on any atom is -0.491 e. The minimum atomic E-state index is -4.21. The highest BCUT2D eigenvalue weighted by Crippen LogP contribution is 2.28. The molecule has 0 saturated carbocycles. The summed E-state index contributed by atoms with van der Waals surface area (Å²) in [6, 6.07) is 8.45. The molecule has 2 atom stereocenters. The van der Waals surface area contributed by atoms with Crippen LogP contribution in [0.5, 0.6) is 11.6 Å². The number of rotatable bonds is 5. The number of nitrogens with one attached hydrogen (secondary N) is 1. The molecule has 0 aliphatic carbocycles. The molecule has 1 unspecified atom stereocenters. The molecular weight excluding hydrogens is 421 g/mol. The maximum absolute atomic E-state index is 12.5. The van der Waals surface area contributed by atoms with Gasteiger partial charge < -0.3 is 14.8 Å². The predicted octanol–water partition coefficient (Wildman–Crippen LogP) is 2.54. The van der Waals surface area contributed by atoms with Gasteiger partial charge in [-0.05, 0) is 30.2 Å². The Morgan fingerprint density at radius 3 is 2.97 bits per heavy atom. The molecule has 1 aromatic heterocycles. The van der Waals surface area contributed by atoms with Crippen molar-refractivity contribution in [3.8, 4) is 17.7 Å². The highest BCUT2D eigenvalue weighted by atomic mass is 32.2. The lowest BCUT2D eigenvalue weighted by atomic mass is 10.0. The number of thioether (sulfide) groups is 1. The molecule has 0 radical (unpaired) electrons. The zero-order valence-electron chi connectivity index (χ0n) is 15.6. The molecule has 2 aromatic rings. The fourth-order valence-electron chi connectivity index (χ4n) is 3.35. The van der Waals surface area contributed by atoms with Crippen LogP contribution in [-0.4, -0.2) is 52.1 Å². The van der Waals surface area contributed by atoms with Gasteiger partial charge in [-0.25, -0.2) is 4.68 Å². The van der Waals surface area contributed by atoms with Gasteiger partial charge >= 0.3 is 6.18 Å². The van der Waals surface area contributed by atoms with E-state index in [9.17, 15) is 18.0 Å². The van der Waals surface area contributed by atoms with Crippen molar-refractivity contribution in [2.24, 2.45) is 0 Å². The molecule has 0 spiro atoms. The summed E-state index contributed by atoms with van der Waals surface area (Å²) in [5.41, 5.74) is 1.54. The van der Waals surface area contributed by atoms with Gasteiger partial charge in [0.1, 0.15) is 18.5 Å². The van der Waals surface area contributed by atoms with Crippen molar-refractivity contribution in [2.45, 2.75) is 31.3 Å². The summed E-state index contributed by atoms with van der Waals surface area (Å²) in [5, 5.41) is 16.1. The average molecular weight is 438 g/mol. The van der Waals surface area contributed by atoms with E-state index in [1.165, 1.54) is 10.7 Å². The van der Waals surface area contributed by atoms with Crippen molar-refractivity contribution in [1.29, 1.82) is 5.26 Å². The Hall–Kier alpha value is -2.87. The lowest BCUT2D eigenvalue weighted by Gasteiger charge is -2.26. The molecule has 1 amide bonds. The molecule has 7 nitrogen and oxygen atoms in total. The first-order valence-corrected chi connectivity index (χ1v) is 10.3. The van der Waals surface area contributed by atoms with E-state index in [2.05, 4.69) is 16.5 Å². The number of aromatic nitrogens is 2. The van der Waals surface area contributed by atoms with Crippen LogP contribution in [0.1, 0.15) is 21.6 Å². The molecule has 11 heteroatoms. The van der Waals surface area contributed by atoms with Crippen LogP contribution in [0.3, 0.4) is 0 Å². The number of fused-ring (bicyclic) bond motifs is 2. The monoisotopic (exact) mass is 438 g/mol. The Morgan fingerprint density at radius 1 is 1.40 bits per heavy atom. The lowest BCUT2D eigenvalue weighted by molar-refractivity contribution is -0.105. The highest BCUT2D eigenvalue weighted by molar-refractivity contribution is 7.99. The Bertz CT molecular complexity index is 978. The standard InChI is InChI=1S/C19H17F3N4O3S/c20-19(21,22)10-30-9-14-7-26-17(29-14)5-15(25-26)18(27)24-13-4-12-3-11(6-23)1-2-16(12)28-8-13/h1-3,5,13-14H,4,7-10H2,(H,24,27)/t13-,14?/m1/s1. The van der Waals surface area contributed by atoms with E-state index in [4.69, 9.17) is 14.7 Å². The topological polar surface area (TPSA) is 89.2 Å².